The zero-order valence-electron chi connectivity index (χ0n) is 10.0. The standard InChI is InChI=1S/C10H24O3Si/c1-10(2,3)14(4,5)13-7-6-9(12)8-11/h9,11-12H,6-8H2,1-5H3. The number of rotatable bonds is 5. The molecule has 0 saturated heterocycles. The summed E-state index contributed by atoms with van der Waals surface area (Å²) in [5, 5.41) is 18.0. The molecule has 0 amide bonds. The van der Waals surface area contributed by atoms with Crippen LogP contribution in [0.4, 0.5) is 0 Å². The molecule has 0 bridgehead atoms. The quantitative estimate of drug-likeness (QED) is 0.694. The Morgan fingerprint density at radius 1 is 1.29 bits per heavy atom. The van der Waals surface area contributed by atoms with Gasteiger partial charge in [-0.2, -0.15) is 0 Å². The molecule has 3 nitrogen and oxygen atoms in total. The molecular formula is C10H24O3Si. The van der Waals surface area contributed by atoms with Gasteiger partial charge in [-0.15, -0.1) is 0 Å². The lowest BCUT2D eigenvalue weighted by molar-refractivity contribution is 0.0735. The second-order valence-corrected chi connectivity index (χ2v) is 10.0. The molecule has 0 aliphatic carbocycles. The van der Waals surface area contributed by atoms with Gasteiger partial charge >= 0.3 is 0 Å². The third kappa shape index (κ3) is 4.55. The van der Waals surface area contributed by atoms with Crippen molar-refractivity contribution in [1.29, 1.82) is 0 Å². The zero-order valence-corrected chi connectivity index (χ0v) is 11.0. The smallest absolute Gasteiger partial charge is 0.191 e. The molecular weight excluding hydrogens is 196 g/mol. The predicted octanol–water partition coefficient (Wildman–Crippen LogP) is 1.75. The predicted molar refractivity (Wildman–Crippen MR) is 60.9 cm³/mol. The van der Waals surface area contributed by atoms with Crippen LogP contribution in [0.15, 0.2) is 0 Å². The first-order valence-electron chi connectivity index (χ1n) is 5.13. The normalized spacial score (nSPS) is 15.6. The molecule has 0 aliphatic heterocycles. The summed E-state index contributed by atoms with van der Waals surface area (Å²) in [5.74, 6) is 0. The summed E-state index contributed by atoms with van der Waals surface area (Å²) in [6.07, 6.45) is -0.122. The van der Waals surface area contributed by atoms with E-state index in [1.54, 1.807) is 0 Å². The van der Waals surface area contributed by atoms with Crippen molar-refractivity contribution in [2.24, 2.45) is 0 Å². The summed E-state index contributed by atoms with van der Waals surface area (Å²) in [4.78, 5) is 0. The largest absolute Gasteiger partial charge is 0.417 e. The molecule has 0 heterocycles. The van der Waals surface area contributed by atoms with E-state index in [9.17, 15) is 0 Å². The molecule has 4 heteroatoms. The lowest BCUT2D eigenvalue weighted by Crippen LogP contribution is -2.41. The minimum Gasteiger partial charge on any atom is -0.417 e. The molecule has 0 spiro atoms. The summed E-state index contributed by atoms with van der Waals surface area (Å²) in [6.45, 7) is 11.3. The Hall–Kier alpha value is 0.0969. The highest BCUT2D eigenvalue weighted by molar-refractivity contribution is 6.74. The van der Waals surface area contributed by atoms with Gasteiger partial charge < -0.3 is 14.6 Å². The fourth-order valence-corrected chi connectivity index (χ4v) is 1.82. The summed E-state index contributed by atoms with van der Waals surface area (Å²) in [6, 6.07) is 0. The summed E-state index contributed by atoms with van der Waals surface area (Å²) in [7, 11) is -1.68. The van der Waals surface area contributed by atoms with E-state index >= 15 is 0 Å². The van der Waals surface area contributed by atoms with Gasteiger partial charge in [-0.25, -0.2) is 0 Å². The minimum atomic E-state index is -1.68. The van der Waals surface area contributed by atoms with E-state index in [0.29, 0.717) is 13.0 Å². The fourth-order valence-electron chi connectivity index (χ4n) is 0.758. The molecule has 1 unspecified atom stereocenters. The third-order valence-corrected chi connectivity index (χ3v) is 7.47. The van der Waals surface area contributed by atoms with Gasteiger partial charge in [0.2, 0.25) is 0 Å². The Morgan fingerprint density at radius 3 is 2.14 bits per heavy atom. The zero-order chi connectivity index (χ0) is 11.4. The molecule has 86 valence electrons. The Bertz CT molecular complexity index is 163. The van der Waals surface area contributed by atoms with E-state index in [0.717, 1.165) is 0 Å². The van der Waals surface area contributed by atoms with Gasteiger partial charge in [-0.3, -0.25) is 0 Å². The Balaban J connectivity index is 3.89. The summed E-state index contributed by atoms with van der Waals surface area (Å²) in [5.41, 5.74) is 0. The molecule has 1 atom stereocenters. The number of hydrogen-bond donors (Lipinski definition) is 2. The lowest BCUT2D eigenvalue weighted by Gasteiger charge is -2.36. The van der Waals surface area contributed by atoms with Crippen molar-refractivity contribution in [3.05, 3.63) is 0 Å². The first-order valence-corrected chi connectivity index (χ1v) is 8.04. The van der Waals surface area contributed by atoms with Gasteiger partial charge in [0.15, 0.2) is 8.32 Å². The number of aliphatic hydroxyl groups is 2. The van der Waals surface area contributed by atoms with Gasteiger partial charge in [-0.05, 0) is 24.6 Å². The average molecular weight is 220 g/mol. The molecule has 14 heavy (non-hydrogen) atoms. The van der Waals surface area contributed by atoms with E-state index in [2.05, 4.69) is 33.9 Å². The summed E-state index contributed by atoms with van der Waals surface area (Å²) >= 11 is 0. The lowest BCUT2D eigenvalue weighted by atomic mass is 10.2. The van der Waals surface area contributed by atoms with Crippen molar-refractivity contribution in [2.75, 3.05) is 13.2 Å². The van der Waals surface area contributed by atoms with Gasteiger partial charge in [0, 0.05) is 6.61 Å². The molecule has 0 aliphatic rings. The Kier molecular flexibility index (Phi) is 5.29. The van der Waals surface area contributed by atoms with Crippen LogP contribution >= 0.6 is 0 Å². The second kappa shape index (κ2) is 5.26. The van der Waals surface area contributed by atoms with E-state index in [-0.39, 0.29) is 11.6 Å². The van der Waals surface area contributed by atoms with Gasteiger partial charge in [-0.1, -0.05) is 20.8 Å². The van der Waals surface area contributed by atoms with Crippen molar-refractivity contribution >= 4 is 8.32 Å². The number of aliphatic hydroxyl groups excluding tert-OH is 2. The molecule has 0 saturated carbocycles. The highest BCUT2D eigenvalue weighted by atomic mass is 28.4. The molecule has 0 aromatic heterocycles. The van der Waals surface area contributed by atoms with Crippen molar-refractivity contribution in [3.63, 3.8) is 0 Å². The molecule has 0 radical (unpaired) electrons. The fraction of sp³-hybridized carbons (Fsp3) is 1.00. The van der Waals surface area contributed by atoms with Crippen molar-refractivity contribution in [3.8, 4) is 0 Å². The topological polar surface area (TPSA) is 49.7 Å². The monoisotopic (exact) mass is 220 g/mol. The van der Waals surface area contributed by atoms with Crippen LogP contribution in [0, 0.1) is 0 Å². The van der Waals surface area contributed by atoms with Crippen molar-refractivity contribution in [2.45, 2.75) is 51.4 Å². The highest BCUT2D eigenvalue weighted by Gasteiger charge is 2.36. The van der Waals surface area contributed by atoms with Crippen molar-refractivity contribution < 1.29 is 14.6 Å². The Morgan fingerprint density at radius 2 is 1.79 bits per heavy atom. The molecule has 0 aromatic rings. The summed E-state index contributed by atoms with van der Waals surface area (Å²) < 4.78 is 5.83. The van der Waals surface area contributed by atoms with Crippen LogP contribution in [0.25, 0.3) is 0 Å². The van der Waals surface area contributed by atoms with Gasteiger partial charge in [0.05, 0.1) is 12.7 Å². The van der Waals surface area contributed by atoms with Crippen LogP contribution in [0.5, 0.6) is 0 Å². The van der Waals surface area contributed by atoms with Crippen molar-refractivity contribution in [1.82, 2.24) is 0 Å². The maximum atomic E-state index is 9.14. The second-order valence-electron chi connectivity index (χ2n) is 5.23. The maximum Gasteiger partial charge on any atom is 0.191 e. The van der Waals surface area contributed by atoms with E-state index in [4.69, 9.17) is 14.6 Å². The van der Waals surface area contributed by atoms with Gasteiger partial charge in [0.25, 0.3) is 0 Å². The molecule has 0 rings (SSSR count). The van der Waals surface area contributed by atoms with E-state index in [1.165, 1.54) is 0 Å². The molecule has 0 aromatic carbocycles. The van der Waals surface area contributed by atoms with E-state index in [1.807, 2.05) is 0 Å². The highest BCUT2D eigenvalue weighted by Crippen LogP contribution is 2.36. The first-order chi connectivity index (χ1) is 6.20. The average Bonchev–Trinajstić information content (AvgIpc) is 2.01. The molecule has 0 fully saturated rings. The minimum absolute atomic E-state index is 0.180. The van der Waals surface area contributed by atoms with Crippen LogP contribution in [0.2, 0.25) is 18.1 Å². The SMILES string of the molecule is CC(C)(C)[Si](C)(C)OCCC(O)CO. The Labute approximate surface area is 88.2 Å². The molecule has 2 N–H and O–H groups in total. The van der Waals surface area contributed by atoms with Crippen LogP contribution in [-0.4, -0.2) is 37.8 Å². The van der Waals surface area contributed by atoms with Crippen LogP contribution < -0.4 is 0 Å². The van der Waals surface area contributed by atoms with Crippen LogP contribution in [-0.2, 0) is 4.43 Å². The van der Waals surface area contributed by atoms with Crippen LogP contribution in [0.1, 0.15) is 27.2 Å². The maximum absolute atomic E-state index is 9.14. The van der Waals surface area contributed by atoms with Crippen LogP contribution in [0.3, 0.4) is 0 Å². The van der Waals surface area contributed by atoms with Gasteiger partial charge in [0.1, 0.15) is 0 Å². The third-order valence-electron chi connectivity index (χ3n) is 2.93. The first kappa shape index (κ1) is 14.1. The number of hydrogen-bond acceptors (Lipinski definition) is 3. The van der Waals surface area contributed by atoms with E-state index < -0.39 is 14.4 Å².